The number of halogens is 2. The summed E-state index contributed by atoms with van der Waals surface area (Å²) in [4.78, 5) is 8.62. The van der Waals surface area contributed by atoms with Crippen LogP contribution in [0.2, 0.25) is 5.02 Å². The van der Waals surface area contributed by atoms with Crippen molar-refractivity contribution in [1.82, 2.24) is 9.97 Å². The van der Waals surface area contributed by atoms with E-state index in [-0.39, 0.29) is 5.82 Å². The van der Waals surface area contributed by atoms with Crippen LogP contribution in [-0.2, 0) is 0 Å². The zero-order valence-corrected chi connectivity index (χ0v) is 10.0. The molecule has 3 aromatic rings. The van der Waals surface area contributed by atoms with Gasteiger partial charge < -0.3 is 0 Å². The summed E-state index contributed by atoms with van der Waals surface area (Å²) in [5.74, 6) is 0.316. The predicted octanol–water partition coefficient (Wildman–Crippen LogP) is 4.09. The van der Waals surface area contributed by atoms with E-state index in [1.807, 2.05) is 12.1 Å². The Bertz CT molecular complexity index is 711. The van der Waals surface area contributed by atoms with E-state index in [9.17, 15) is 4.39 Å². The molecular weight excluding hydrogens is 251 g/mol. The SMILES string of the molecule is Fc1ccc2nc(-c3ccc(Cl)cc3)ncc2c1. The van der Waals surface area contributed by atoms with Gasteiger partial charge in [0.1, 0.15) is 5.82 Å². The second-order valence-electron chi connectivity index (χ2n) is 3.90. The maximum atomic E-state index is 13.0. The molecule has 0 amide bonds. The van der Waals surface area contributed by atoms with Crippen molar-refractivity contribution in [3.8, 4) is 11.4 Å². The number of fused-ring (bicyclic) bond motifs is 1. The summed E-state index contributed by atoms with van der Waals surface area (Å²) >= 11 is 5.83. The topological polar surface area (TPSA) is 25.8 Å². The fourth-order valence-corrected chi connectivity index (χ4v) is 1.87. The van der Waals surface area contributed by atoms with Gasteiger partial charge in [0.25, 0.3) is 0 Å². The van der Waals surface area contributed by atoms with Gasteiger partial charge in [-0.15, -0.1) is 0 Å². The minimum atomic E-state index is -0.287. The molecule has 1 aromatic heterocycles. The lowest BCUT2D eigenvalue weighted by atomic mass is 10.2. The highest BCUT2D eigenvalue weighted by atomic mass is 35.5. The summed E-state index contributed by atoms with van der Waals surface area (Å²) in [6.45, 7) is 0. The maximum Gasteiger partial charge on any atom is 0.159 e. The maximum absolute atomic E-state index is 13.0. The Kier molecular flexibility index (Phi) is 2.68. The highest BCUT2D eigenvalue weighted by Gasteiger charge is 2.03. The Balaban J connectivity index is 2.13. The van der Waals surface area contributed by atoms with Crippen molar-refractivity contribution in [3.63, 3.8) is 0 Å². The standard InChI is InChI=1S/C14H8ClFN2/c15-11-3-1-9(2-4-11)14-17-8-10-7-12(16)5-6-13(10)18-14/h1-8H. The molecule has 0 fully saturated rings. The van der Waals surface area contributed by atoms with E-state index in [2.05, 4.69) is 9.97 Å². The van der Waals surface area contributed by atoms with Crippen LogP contribution in [0.4, 0.5) is 4.39 Å². The van der Waals surface area contributed by atoms with Crippen LogP contribution in [0, 0.1) is 5.82 Å². The van der Waals surface area contributed by atoms with Crippen molar-refractivity contribution in [1.29, 1.82) is 0 Å². The van der Waals surface area contributed by atoms with Crippen LogP contribution in [0.15, 0.2) is 48.7 Å². The molecule has 0 saturated heterocycles. The lowest BCUT2D eigenvalue weighted by molar-refractivity contribution is 0.629. The molecule has 0 N–H and O–H groups in total. The van der Waals surface area contributed by atoms with Gasteiger partial charge in [-0.3, -0.25) is 0 Å². The molecule has 0 spiro atoms. The average molecular weight is 259 g/mol. The van der Waals surface area contributed by atoms with Crippen molar-refractivity contribution in [2.75, 3.05) is 0 Å². The molecule has 88 valence electrons. The minimum Gasteiger partial charge on any atom is -0.236 e. The Morgan fingerprint density at radius 1 is 1.00 bits per heavy atom. The Labute approximate surface area is 108 Å². The van der Waals surface area contributed by atoms with Crippen LogP contribution in [0.3, 0.4) is 0 Å². The van der Waals surface area contributed by atoms with Crippen molar-refractivity contribution in [2.24, 2.45) is 0 Å². The number of nitrogens with zero attached hydrogens (tertiary/aromatic N) is 2. The summed E-state index contributed by atoms with van der Waals surface area (Å²) in [6, 6.07) is 11.7. The fourth-order valence-electron chi connectivity index (χ4n) is 1.74. The van der Waals surface area contributed by atoms with Gasteiger partial charge >= 0.3 is 0 Å². The molecule has 0 radical (unpaired) electrons. The van der Waals surface area contributed by atoms with Gasteiger partial charge in [0.05, 0.1) is 5.52 Å². The predicted molar refractivity (Wildman–Crippen MR) is 69.9 cm³/mol. The third-order valence-electron chi connectivity index (χ3n) is 2.64. The summed E-state index contributed by atoms with van der Waals surface area (Å²) in [7, 11) is 0. The van der Waals surface area contributed by atoms with Crippen LogP contribution in [0.1, 0.15) is 0 Å². The second kappa shape index (κ2) is 4.35. The van der Waals surface area contributed by atoms with Crippen LogP contribution < -0.4 is 0 Å². The molecule has 0 aliphatic rings. The Morgan fingerprint density at radius 2 is 1.78 bits per heavy atom. The fraction of sp³-hybridized carbons (Fsp3) is 0. The third kappa shape index (κ3) is 2.05. The first kappa shape index (κ1) is 11.1. The van der Waals surface area contributed by atoms with Gasteiger partial charge in [-0.25, -0.2) is 14.4 Å². The van der Waals surface area contributed by atoms with Crippen LogP contribution in [0.5, 0.6) is 0 Å². The van der Waals surface area contributed by atoms with E-state index in [1.54, 1.807) is 24.4 Å². The number of rotatable bonds is 1. The Morgan fingerprint density at radius 3 is 2.56 bits per heavy atom. The summed E-state index contributed by atoms with van der Waals surface area (Å²) in [5.41, 5.74) is 1.60. The first-order valence-electron chi connectivity index (χ1n) is 5.41. The highest BCUT2D eigenvalue weighted by Crippen LogP contribution is 2.20. The van der Waals surface area contributed by atoms with Gasteiger partial charge in [-0.1, -0.05) is 11.6 Å². The number of hydrogen-bond acceptors (Lipinski definition) is 2. The number of hydrogen-bond donors (Lipinski definition) is 0. The molecule has 0 bridgehead atoms. The van der Waals surface area contributed by atoms with Gasteiger partial charge in [-0.2, -0.15) is 0 Å². The third-order valence-corrected chi connectivity index (χ3v) is 2.90. The number of aromatic nitrogens is 2. The van der Waals surface area contributed by atoms with Crippen molar-refractivity contribution in [2.45, 2.75) is 0 Å². The van der Waals surface area contributed by atoms with Crippen LogP contribution in [0.25, 0.3) is 22.3 Å². The molecule has 1 heterocycles. The van der Waals surface area contributed by atoms with E-state index in [4.69, 9.17) is 11.6 Å². The average Bonchev–Trinajstić information content (AvgIpc) is 2.39. The lowest BCUT2D eigenvalue weighted by Crippen LogP contribution is -1.90. The summed E-state index contributed by atoms with van der Waals surface area (Å²) in [6.07, 6.45) is 1.62. The van der Waals surface area contributed by atoms with Gasteiger partial charge in [-0.05, 0) is 42.5 Å². The van der Waals surface area contributed by atoms with E-state index in [0.717, 1.165) is 11.1 Å². The normalized spacial score (nSPS) is 10.8. The molecule has 0 saturated carbocycles. The molecular formula is C14H8ClFN2. The quantitative estimate of drug-likeness (QED) is 0.657. The molecule has 18 heavy (non-hydrogen) atoms. The van der Waals surface area contributed by atoms with Crippen LogP contribution in [-0.4, -0.2) is 9.97 Å². The second-order valence-corrected chi connectivity index (χ2v) is 4.34. The van der Waals surface area contributed by atoms with Gasteiger partial charge in [0.15, 0.2) is 5.82 Å². The molecule has 0 atom stereocenters. The van der Waals surface area contributed by atoms with Crippen LogP contribution >= 0.6 is 11.6 Å². The molecule has 0 unspecified atom stereocenters. The smallest absolute Gasteiger partial charge is 0.159 e. The molecule has 0 aliphatic heterocycles. The molecule has 2 aromatic carbocycles. The highest BCUT2D eigenvalue weighted by molar-refractivity contribution is 6.30. The van der Waals surface area contributed by atoms with E-state index < -0.39 is 0 Å². The summed E-state index contributed by atoms with van der Waals surface area (Å²) < 4.78 is 13.0. The first-order chi connectivity index (χ1) is 8.72. The van der Waals surface area contributed by atoms with Crippen molar-refractivity contribution < 1.29 is 4.39 Å². The largest absolute Gasteiger partial charge is 0.236 e. The van der Waals surface area contributed by atoms with Crippen molar-refractivity contribution >= 4 is 22.5 Å². The molecule has 3 rings (SSSR count). The van der Waals surface area contributed by atoms with Gasteiger partial charge in [0, 0.05) is 22.2 Å². The minimum absolute atomic E-state index is 0.287. The molecule has 0 aliphatic carbocycles. The monoisotopic (exact) mass is 258 g/mol. The zero-order valence-electron chi connectivity index (χ0n) is 9.27. The molecule has 2 nitrogen and oxygen atoms in total. The van der Waals surface area contributed by atoms with E-state index in [0.29, 0.717) is 16.2 Å². The van der Waals surface area contributed by atoms with E-state index >= 15 is 0 Å². The summed E-state index contributed by atoms with van der Waals surface area (Å²) in [5, 5.41) is 1.36. The lowest BCUT2D eigenvalue weighted by Gasteiger charge is -2.02. The number of benzene rings is 2. The zero-order chi connectivity index (χ0) is 12.5. The van der Waals surface area contributed by atoms with E-state index in [1.165, 1.54) is 12.1 Å². The Hall–Kier alpha value is -2.00. The first-order valence-corrected chi connectivity index (χ1v) is 5.78. The van der Waals surface area contributed by atoms with Gasteiger partial charge in [0.2, 0.25) is 0 Å². The van der Waals surface area contributed by atoms with Crippen molar-refractivity contribution in [3.05, 3.63) is 59.5 Å². The molecule has 4 heteroatoms.